The number of carbonyl (C=O) groups excluding carboxylic acids is 1. The van der Waals surface area contributed by atoms with Gasteiger partial charge in [-0.3, -0.25) is 5.41 Å². The van der Waals surface area contributed by atoms with Crippen molar-refractivity contribution in [3.8, 4) is 5.75 Å². The molecule has 0 heterocycles. The summed E-state index contributed by atoms with van der Waals surface area (Å²) in [5.74, 6) is -1.27. The fourth-order valence-electron chi connectivity index (χ4n) is 2.01. The topological polar surface area (TPSA) is 113 Å². The lowest BCUT2D eigenvalue weighted by molar-refractivity contribution is -0.131. The van der Waals surface area contributed by atoms with Crippen LogP contribution < -0.4 is 10.5 Å². The molecule has 122 valence electrons. The maximum Gasteiger partial charge on any atom is 0.343 e. The molecule has 0 aromatic heterocycles. The number of hydrogen-bond donors (Lipinski definition) is 3. The number of nitrogens with two attached hydrogens (primary N) is 1. The number of benzene rings is 2. The number of nitrogen functional groups attached to an aromatic ring is 1. The summed E-state index contributed by atoms with van der Waals surface area (Å²) in [4.78, 5) is 22.7. The molecular formula is C18H16N2O4. The van der Waals surface area contributed by atoms with Crippen molar-refractivity contribution in [1.82, 2.24) is 0 Å². The first-order chi connectivity index (χ1) is 11.4. The maximum absolute atomic E-state index is 12.1. The fraction of sp³-hybridized carbons (Fsp3) is 0.0556. The van der Waals surface area contributed by atoms with Crippen LogP contribution >= 0.6 is 0 Å². The summed E-state index contributed by atoms with van der Waals surface area (Å²) in [5, 5.41) is 16.0. The van der Waals surface area contributed by atoms with Gasteiger partial charge in [-0.25, -0.2) is 9.59 Å². The Bertz CT molecular complexity index is 806. The van der Waals surface area contributed by atoms with Gasteiger partial charge in [0.1, 0.15) is 11.6 Å². The number of hydrogen-bond acceptors (Lipinski definition) is 4. The van der Waals surface area contributed by atoms with Gasteiger partial charge in [0.05, 0.1) is 5.56 Å². The van der Waals surface area contributed by atoms with E-state index in [0.717, 1.165) is 6.08 Å². The molecule has 24 heavy (non-hydrogen) atoms. The third kappa shape index (κ3) is 4.30. The molecule has 0 spiro atoms. The molecule has 2 aromatic carbocycles. The summed E-state index contributed by atoms with van der Waals surface area (Å²) in [6, 6.07) is 12.8. The van der Waals surface area contributed by atoms with Crippen molar-refractivity contribution < 1.29 is 19.4 Å². The van der Waals surface area contributed by atoms with E-state index in [1.807, 2.05) is 0 Å². The lowest BCUT2D eigenvalue weighted by Gasteiger charge is -2.06. The zero-order chi connectivity index (χ0) is 17.7. The van der Waals surface area contributed by atoms with Gasteiger partial charge in [-0.2, -0.15) is 0 Å². The van der Waals surface area contributed by atoms with Gasteiger partial charge in [-0.1, -0.05) is 12.1 Å². The third-order valence-corrected chi connectivity index (χ3v) is 3.29. The molecule has 0 aliphatic heterocycles. The highest BCUT2D eigenvalue weighted by Gasteiger charge is 2.09. The van der Waals surface area contributed by atoms with Crippen LogP contribution in [0, 0.1) is 5.41 Å². The molecular weight excluding hydrogens is 308 g/mol. The Morgan fingerprint density at radius 1 is 1.00 bits per heavy atom. The summed E-state index contributed by atoms with van der Waals surface area (Å²) in [6.07, 6.45) is 1.10. The van der Waals surface area contributed by atoms with Gasteiger partial charge in [-0.05, 0) is 54.5 Å². The van der Waals surface area contributed by atoms with Crippen molar-refractivity contribution in [2.45, 2.75) is 6.92 Å². The van der Waals surface area contributed by atoms with Gasteiger partial charge in [-0.15, -0.1) is 0 Å². The number of aliphatic carboxylic acids is 1. The minimum absolute atomic E-state index is 0.0618. The van der Waals surface area contributed by atoms with E-state index in [9.17, 15) is 9.59 Å². The Morgan fingerprint density at radius 3 is 2.00 bits per heavy atom. The quantitative estimate of drug-likeness (QED) is 0.257. The van der Waals surface area contributed by atoms with Crippen LogP contribution in [0.2, 0.25) is 0 Å². The van der Waals surface area contributed by atoms with Gasteiger partial charge >= 0.3 is 11.9 Å². The average Bonchev–Trinajstić information content (AvgIpc) is 2.54. The van der Waals surface area contributed by atoms with E-state index in [0.29, 0.717) is 28.0 Å². The normalized spacial score (nSPS) is 11.0. The average molecular weight is 324 g/mol. The summed E-state index contributed by atoms with van der Waals surface area (Å²) in [5.41, 5.74) is 7.54. The van der Waals surface area contributed by atoms with Crippen LogP contribution in [0.4, 0.5) is 0 Å². The smallest absolute Gasteiger partial charge is 0.343 e. The SMILES string of the molecule is CC(=CC(=O)O)c1ccc(C(=O)Oc2ccc(C(=N)N)cc2)cc1. The molecule has 0 atom stereocenters. The first kappa shape index (κ1) is 17.0. The molecule has 0 amide bonds. The predicted molar refractivity (Wildman–Crippen MR) is 90.1 cm³/mol. The minimum Gasteiger partial charge on any atom is -0.478 e. The fourth-order valence-corrected chi connectivity index (χ4v) is 2.01. The number of nitrogens with one attached hydrogen (secondary N) is 1. The Kier molecular flexibility index (Phi) is 5.11. The minimum atomic E-state index is -1.02. The molecule has 0 saturated carbocycles. The molecule has 2 rings (SSSR count). The number of amidine groups is 1. The standard InChI is InChI=1S/C18H16N2O4/c1-11(10-16(21)22)12-2-4-14(5-3-12)18(23)24-15-8-6-13(7-9-15)17(19)20/h2-10H,1H3,(H3,19,20)(H,21,22). The van der Waals surface area contributed by atoms with Gasteiger partial charge < -0.3 is 15.6 Å². The van der Waals surface area contributed by atoms with Crippen LogP contribution in [0.25, 0.3) is 5.57 Å². The number of carboxylic acids is 1. The lowest BCUT2D eigenvalue weighted by atomic mass is 10.1. The van der Waals surface area contributed by atoms with Crippen molar-refractivity contribution in [2.75, 3.05) is 0 Å². The van der Waals surface area contributed by atoms with Crippen LogP contribution in [-0.4, -0.2) is 22.9 Å². The van der Waals surface area contributed by atoms with Crippen LogP contribution in [0.3, 0.4) is 0 Å². The second kappa shape index (κ2) is 7.23. The summed E-state index contributed by atoms with van der Waals surface area (Å²) in [7, 11) is 0. The lowest BCUT2D eigenvalue weighted by Crippen LogP contribution is -2.11. The molecule has 0 aliphatic rings. The molecule has 0 radical (unpaired) electrons. The van der Waals surface area contributed by atoms with Crippen molar-refractivity contribution >= 4 is 23.3 Å². The first-order valence-electron chi connectivity index (χ1n) is 7.05. The third-order valence-electron chi connectivity index (χ3n) is 3.29. The molecule has 4 N–H and O–H groups in total. The monoisotopic (exact) mass is 324 g/mol. The molecule has 0 fully saturated rings. The number of rotatable bonds is 5. The van der Waals surface area contributed by atoms with Gasteiger partial charge in [0.15, 0.2) is 0 Å². The molecule has 0 bridgehead atoms. The molecule has 0 saturated heterocycles. The zero-order valence-corrected chi connectivity index (χ0v) is 12.9. The van der Waals surface area contributed by atoms with E-state index < -0.39 is 11.9 Å². The molecule has 0 unspecified atom stereocenters. The highest BCUT2D eigenvalue weighted by Crippen LogP contribution is 2.17. The molecule has 6 nitrogen and oxygen atoms in total. The Labute approximate surface area is 138 Å². The number of carbonyl (C=O) groups is 2. The molecule has 2 aromatic rings. The Hall–Kier alpha value is -3.41. The number of allylic oxidation sites excluding steroid dienone is 1. The van der Waals surface area contributed by atoms with Crippen molar-refractivity contribution in [3.05, 3.63) is 71.3 Å². The first-order valence-corrected chi connectivity index (χ1v) is 7.05. The number of ether oxygens (including phenoxy) is 1. The second-order valence-corrected chi connectivity index (χ2v) is 5.07. The zero-order valence-electron chi connectivity index (χ0n) is 12.9. The van der Waals surface area contributed by atoms with Gasteiger partial charge in [0.25, 0.3) is 0 Å². The summed E-state index contributed by atoms with van der Waals surface area (Å²) in [6.45, 7) is 1.68. The van der Waals surface area contributed by atoms with Gasteiger partial charge in [0.2, 0.25) is 0 Å². The van der Waals surface area contributed by atoms with E-state index in [1.54, 1.807) is 55.5 Å². The van der Waals surface area contributed by atoms with E-state index in [4.69, 9.17) is 21.0 Å². The van der Waals surface area contributed by atoms with Crippen molar-refractivity contribution in [3.63, 3.8) is 0 Å². The van der Waals surface area contributed by atoms with Crippen LogP contribution in [0.1, 0.15) is 28.4 Å². The van der Waals surface area contributed by atoms with E-state index in [2.05, 4.69) is 0 Å². The van der Waals surface area contributed by atoms with Crippen LogP contribution in [0.5, 0.6) is 5.75 Å². The summed E-state index contributed by atoms with van der Waals surface area (Å²) >= 11 is 0. The number of carboxylic acid groups (broad SMARTS) is 1. The van der Waals surface area contributed by atoms with E-state index >= 15 is 0 Å². The predicted octanol–water partition coefficient (Wildman–Crippen LogP) is 2.68. The van der Waals surface area contributed by atoms with E-state index in [-0.39, 0.29) is 5.84 Å². The van der Waals surface area contributed by atoms with Crippen LogP contribution in [-0.2, 0) is 4.79 Å². The van der Waals surface area contributed by atoms with Crippen LogP contribution in [0.15, 0.2) is 54.6 Å². The Balaban J connectivity index is 2.10. The maximum atomic E-state index is 12.1. The number of esters is 1. The second-order valence-electron chi connectivity index (χ2n) is 5.07. The van der Waals surface area contributed by atoms with E-state index in [1.165, 1.54) is 0 Å². The Morgan fingerprint density at radius 2 is 1.50 bits per heavy atom. The molecule has 6 heteroatoms. The largest absolute Gasteiger partial charge is 0.478 e. The van der Waals surface area contributed by atoms with Crippen molar-refractivity contribution in [1.29, 1.82) is 5.41 Å². The highest BCUT2D eigenvalue weighted by molar-refractivity contribution is 5.95. The van der Waals surface area contributed by atoms with Gasteiger partial charge in [0, 0.05) is 11.6 Å². The summed E-state index contributed by atoms with van der Waals surface area (Å²) < 4.78 is 5.24. The molecule has 0 aliphatic carbocycles. The van der Waals surface area contributed by atoms with Crippen molar-refractivity contribution in [2.24, 2.45) is 5.73 Å². The highest BCUT2D eigenvalue weighted by atomic mass is 16.5.